The predicted octanol–water partition coefficient (Wildman–Crippen LogP) is 2.00. The van der Waals surface area contributed by atoms with Crippen molar-refractivity contribution < 1.29 is 4.57 Å². The van der Waals surface area contributed by atoms with Crippen molar-refractivity contribution in [3.8, 4) is 0 Å². The fourth-order valence-corrected chi connectivity index (χ4v) is 2.83. The van der Waals surface area contributed by atoms with Gasteiger partial charge in [-0.15, -0.1) is 0 Å². The smallest absolute Gasteiger partial charge is 0.232 e. The van der Waals surface area contributed by atoms with Crippen LogP contribution in [0.2, 0.25) is 0 Å². The van der Waals surface area contributed by atoms with E-state index >= 15 is 0 Å². The monoisotopic (exact) mass is 193 g/mol. The third-order valence-electron chi connectivity index (χ3n) is 3.48. The summed E-state index contributed by atoms with van der Waals surface area (Å²) in [7, 11) is 0. The molecular formula is C12H21N2+. The highest BCUT2D eigenvalue weighted by molar-refractivity contribution is 5.14. The van der Waals surface area contributed by atoms with E-state index in [1.807, 2.05) is 0 Å². The Balaban J connectivity index is 2.56. The zero-order chi connectivity index (χ0) is 10.1. The van der Waals surface area contributed by atoms with E-state index in [1.54, 1.807) is 11.4 Å². The summed E-state index contributed by atoms with van der Waals surface area (Å²) in [4.78, 5) is 0. The predicted molar refractivity (Wildman–Crippen MR) is 57.4 cm³/mol. The maximum atomic E-state index is 2.50. The van der Waals surface area contributed by atoms with Gasteiger partial charge in [0.25, 0.3) is 5.82 Å². The van der Waals surface area contributed by atoms with Crippen LogP contribution in [0.1, 0.15) is 43.9 Å². The first-order chi connectivity index (χ1) is 6.79. The van der Waals surface area contributed by atoms with Crippen LogP contribution < -0.4 is 4.57 Å². The highest BCUT2D eigenvalue weighted by Gasteiger charge is 2.27. The van der Waals surface area contributed by atoms with Crippen molar-refractivity contribution >= 4 is 0 Å². The van der Waals surface area contributed by atoms with Gasteiger partial charge in [0.2, 0.25) is 0 Å². The topological polar surface area (TPSA) is 8.81 Å². The van der Waals surface area contributed by atoms with Gasteiger partial charge < -0.3 is 0 Å². The van der Waals surface area contributed by atoms with Gasteiger partial charge in [-0.2, -0.15) is 0 Å². The molecule has 1 aliphatic carbocycles. The standard InChI is InChI=1S/C12H21N2/c1-4-13-10(3)14(5-2)12-9-7-6-8-11(12)13/h4-9H2,1-3H3/q+1. The van der Waals surface area contributed by atoms with E-state index in [0.29, 0.717) is 0 Å². The number of rotatable bonds is 2. The summed E-state index contributed by atoms with van der Waals surface area (Å²) in [5.41, 5.74) is 3.22. The molecule has 0 spiro atoms. The number of hydrogen-bond acceptors (Lipinski definition) is 0. The molecule has 0 unspecified atom stereocenters. The second-order valence-corrected chi connectivity index (χ2v) is 4.14. The Labute approximate surface area is 86.6 Å². The lowest BCUT2D eigenvalue weighted by Gasteiger charge is -2.08. The van der Waals surface area contributed by atoms with Gasteiger partial charge >= 0.3 is 0 Å². The summed E-state index contributed by atoms with van der Waals surface area (Å²) >= 11 is 0. The minimum atomic E-state index is 1.13. The highest BCUT2D eigenvalue weighted by Crippen LogP contribution is 2.20. The van der Waals surface area contributed by atoms with Crippen molar-refractivity contribution in [1.82, 2.24) is 4.57 Å². The molecular weight excluding hydrogens is 172 g/mol. The Morgan fingerprint density at radius 3 is 2.57 bits per heavy atom. The minimum absolute atomic E-state index is 1.13. The Morgan fingerprint density at radius 2 is 1.93 bits per heavy atom. The summed E-state index contributed by atoms with van der Waals surface area (Å²) in [6, 6.07) is 0. The van der Waals surface area contributed by atoms with Gasteiger partial charge in [-0.25, -0.2) is 9.13 Å². The molecule has 0 aromatic carbocycles. The Morgan fingerprint density at radius 1 is 1.21 bits per heavy atom. The van der Waals surface area contributed by atoms with Crippen LogP contribution in [-0.2, 0) is 25.9 Å². The van der Waals surface area contributed by atoms with Crippen molar-refractivity contribution in [1.29, 1.82) is 0 Å². The highest BCUT2D eigenvalue weighted by atomic mass is 15.2. The van der Waals surface area contributed by atoms with Crippen LogP contribution >= 0.6 is 0 Å². The van der Waals surface area contributed by atoms with Crippen molar-refractivity contribution in [2.24, 2.45) is 0 Å². The third kappa shape index (κ3) is 1.28. The Bertz CT molecular complexity index is 305. The second kappa shape index (κ2) is 3.76. The Hall–Kier alpha value is -0.790. The van der Waals surface area contributed by atoms with E-state index < -0.39 is 0 Å². The van der Waals surface area contributed by atoms with Gasteiger partial charge in [0.15, 0.2) is 0 Å². The molecule has 1 aromatic rings. The first-order valence-corrected chi connectivity index (χ1v) is 5.90. The fraction of sp³-hybridized carbons (Fsp3) is 0.750. The molecule has 0 amide bonds. The van der Waals surface area contributed by atoms with E-state index in [1.165, 1.54) is 31.5 Å². The number of fused-ring (bicyclic) bond motifs is 1. The zero-order valence-electron chi connectivity index (χ0n) is 9.64. The molecule has 2 heteroatoms. The van der Waals surface area contributed by atoms with Crippen molar-refractivity contribution in [3.63, 3.8) is 0 Å². The molecule has 0 radical (unpaired) electrons. The van der Waals surface area contributed by atoms with Crippen molar-refractivity contribution in [2.45, 2.75) is 59.5 Å². The zero-order valence-corrected chi connectivity index (χ0v) is 9.64. The molecule has 0 saturated heterocycles. The van der Waals surface area contributed by atoms with Gasteiger partial charge in [-0.1, -0.05) is 0 Å². The summed E-state index contributed by atoms with van der Waals surface area (Å²) in [5.74, 6) is 1.45. The van der Waals surface area contributed by atoms with E-state index in [9.17, 15) is 0 Å². The average molecular weight is 193 g/mol. The first-order valence-electron chi connectivity index (χ1n) is 5.90. The molecule has 1 heterocycles. The van der Waals surface area contributed by atoms with Crippen LogP contribution in [0, 0.1) is 6.92 Å². The minimum Gasteiger partial charge on any atom is -0.232 e. The van der Waals surface area contributed by atoms with E-state index in [0.717, 1.165) is 13.1 Å². The van der Waals surface area contributed by atoms with Gasteiger partial charge in [-0.05, 0) is 26.7 Å². The molecule has 78 valence electrons. The quantitative estimate of drug-likeness (QED) is 0.635. The molecule has 0 fully saturated rings. The maximum Gasteiger partial charge on any atom is 0.253 e. The lowest BCUT2D eigenvalue weighted by Crippen LogP contribution is -2.39. The summed E-state index contributed by atoms with van der Waals surface area (Å²) in [6.45, 7) is 9.01. The lowest BCUT2D eigenvalue weighted by atomic mass is 10.0. The lowest BCUT2D eigenvalue weighted by molar-refractivity contribution is -0.706. The van der Waals surface area contributed by atoms with Gasteiger partial charge in [0.05, 0.1) is 13.1 Å². The molecule has 1 aliphatic rings. The number of hydrogen-bond donors (Lipinski definition) is 0. The summed E-state index contributed by atoms with van der Waals surface area (Å²) in [5, 5.41) is 0. The molecule has 0 bridgehead atoms. The largest absolute Gasteiger partial charge is 0.253 e. The maximum absolute atomic E-state index is 2.50. The number of imidazole rings is 1. The summed E-state index contributed by atoms with van der Waals surface area (Å²) < 4.78 is 5.00. The third-order valence-corrected chi connectivity index (χ3v) is 3.48. The van der Waals surface area contributed by atoms with Crippen LogP contribution in [0.3, 0.4) is 0 Å². The average Bonchev–Trinajstić information content (AvgIpc) is 2.49. The SMILES string of the molecule is CCn1c2c([n+](CC)c1C)CCCC2. The van der Waals surface area contributed by atoms with Gasteiger partial charge in [-0.3, -0.25) is 0 Å². The van der Waals surface area contributed by atoms with Crippen LogP contribution in [0.5, 0.6) is 0 Å². The number of nitrogens with zero attached hydrogens (tertiary/aromatic N) is 2. The molecule has 2 nitrogen and oxygen atoms in total. The fourth-order valence-electron chi connectivity index (χ4n) is 2.83. The van der Waals surface area contributed by atoms with Crippen LogP contribution in [-0.4, -0.2) is 4.57 Å². The Kier molecular flexibility index (Phi) is 2.62. The first kappa shape index (κ1) is 9.75. The van der Waals surface area contributed by atoms with E-state index in [-0.39, 0.29) is 0 Å². The second-order valence-electron chi connectivity index (χ2n) is 4.14. The van der Waals surface area contributed by atoms with Crippen LogP contribution in [0.4, 0.5) is 0 Å². The van der Waals surface area contributed by atoms with E-state index in [2.05, 4.69) is 29.9 Å². The normalized spacial score (nSPS) is 15.6. The molecule has 14 heavy (non-hydrogen) atoms. The molecule has 0 atom stereocenters. The van der Waals surface area contributed by atoms with Gasteiger partial charge in [0.1, 0.15) is 11.4 Å². The van der Waals surface area contributed by atoms with E-state index in [4.69, 9.17) is 0 Å². The molecule has 0 aliphatic heterocycles. The summed E-state index contributed by atoms with van der Waals surface area (Å²) in [6.07, 6.45) is 5.33. The molecule has 1 aromatic heterocycles. The van der Waals surface area contributed by atoms with Gasteiger partial charge in [0, 0.05) is 19.8 Å². The number of aromatic nitrogens is 2. The molecule has 0 N–H and O–H groups in total. The van der Waals surface area contributed by atoms with Crippen LogP contribution in [0.15, 0.2) is 0 Å². The molecule has 2 rings (SSSR count). The van der Waals surface area contributed by atoms with Crippen molar-refractivity contribution in [3.05, 3.63) is 17.2 Å². The van der Waals surface area contributed by atoms with Crippen molar-refractivity contribution in [2.75, 3.05) is 0 Å². The van der Waals surface area contributed by atoms with Crippen LogP contribution in [0.25, 0.3) is 0 Å². The molecule has 0 saturated carbocycles.